The Morgan fingerprint density at radius 1 is 1.25 bits per heavy atom. The minimum Gasteiger partial charge on any atom is -0.356 e. The van der Waals surface area contributed by atoms with Gasteiger partial charge >= 0.3 is 0 Å². The lowest BCUT2D eigenvalue weighted by atomic mass is 10.1. The molecule has 3 rings (SSSR count). The lowest BCUT2D eigenvalue weighted by molar-refractivity contribution is 0.592. The van der Waals surface area contributed by atoms with Crippen LogP contribution in [0.3, 0.4) is 0 Å². The molecule has 8 heteroatoms. The fourth-order valence-electron chi connectivity index (χ4n) is 3.49. The van der Waals surface area contributed by atoms with E-state index in [0.29, 0.717) is 0 Å². The summed E-state index contributed by atoms with van der Waals surface area (Å²) in [5.41, 5.74) is 1.06. The number of hydrogen-bond donors (Lipinski definition) is 2. The van der Waals surface area contributed by atoms with Gasteiger partial charge in [0.2, 0.25) is 0 Å². The Balaban J connectivity index is 0.00000280. The maximum absolute atomic E-state index is 6.28. The van der Waals surface area contributed by atoms with E-state index in [9.17, 15) is 0 Å². The number of aliphatic imine (C=N–C) groups is 1. The van der Waals surface area contributed by atoms with Gasteiger partial charge < -0.3 is 15.2 Å². The SMILES string of the molecule is CN=C(NCCCc1nnc2n1CCCCC2)NC(C)c1ccccc1Cl.I. The molecule has 1 aromatic heterocycles. The van der Waals surface area contributed by atoms with E-state index in [1.165, 1.54) is 19.3 Å². The van der Waals surface area contributed by atoms with Gasteiger partial charge in [-0.1, -0.05) is 36.2 Å². The maximum atomic E-state index is 6.28. The number of benzene rings is 1. The highest BCUT2D eigenvalue weighted by atomic mass is 127. The van der Waals surface area contributed by atoms with Crippen molar-refractivity contribution in [3.8, 4) is 0 Å². The monoisotopic (exact) mass is 516 g/mol. The summed E-state index contributed by atoms with van der Waals surface area (Å²) in [5, 5.41) is 16.3. The van der Waals surface area contributed by atoms with Crippen molar-refractivity contribution in [2.24, 2.45) is 4.99 Å². The Kier molecular flexibility index (Phi) is 9.50. The zero-order chi connectivity index (χ0) is 19.1. The molecule has 1 unspecified atom stereocenters. The van der Waals surface area contributed by atoms with Gasteiger partial charge in [0.25, 0.3) is 0 Å². The zero-order valence-electron chi connectivity index (χ0n) is 16.6. The summed E-state index contributed by atoms with van der Waals surface area (Å²) in [6.07, 6.45) is 6.71. The van der Waals surface area contributed by atoms with Crippen molar-refractivity contribution in [1.29, 1.82) is 0 Å². The van der Waals surface area contributed by atoms with E-state index in [0.717, 1.165) is 60.5 Å². The highest BCUT2D eigenvalue weighted by molar-refractivity contribution is 14.0. The van der Waals surface area contributed by atoms with Crippen LogP contribution < -0.4 is 10.6 Å². The minimum absolute atomic E-state index is 0. The van der Waals surface area contributed by atoms with Gasteiger partial charge in [0.05, 0.1) is 6.04 Å². The third-order valence-electron chi connectivity index (χ3n) is 5.00. The average molecular weight is 517 g/mol. The molecular formula is C20H30ClIN6. The Labute approximate surface area is 189 Å². The van der Waals surface area contributed by atoms with Crippen LogP contribution in [0.5, 0.6) is 0 Å². The quantitative estimate of drug-likeness (QED) is 0.262. The second-order valence-corrected chi connectivity index (χ2v) is 7.39. The number of aryl methyl sites for hydroxylation is 2. The highest BCUT2D eigenvalue weighted by Crippen LogP contribution is 2.22. The highest BCUT2D eigenvalue weighted by Gasteiger charge is 2.14. The summed E-state index contributed by atoms with van der Waals surface area (Å²) in [4.78, 5) is 4.32. The van der Waals surface area contributed by atoms with Gasteiger partial charge in [-0.2, -0.15) is 0 Å². The molecule has 0 radical (unpaired) electrons. The predicted octanol–water partition coefficient (Wildman–Crippen LogP) is 4.13. The molecule has 154 valence electrons. The first-order valence-electron chi connectivity index (χ1n) is 9.81. The van der Waals surface area contributed by atoms with Gasteiger partial charge in [-0.3, -0.25) is 4.99 Å². The summed E-state index contributed by atoms with van der Waals surface area (Å²) < 4.78 is 2.32. The van der Waals surface area contributed by atoms with Gasteiger partial charge in [-0.15, -0.1) is 34.2 Å². The first-order chi connectivity index (χ1) is 13.2. The van der Waals surface area contributed by atoms with Crippen molar-refractivity contribution in [3.63, 3.8) is 0 Å². The summed E-state index contributed by atoms with van der Waals surface area (Å²) in [5.74, 6) is 3.05. The normalized spacial score (nSPS) is 15.2. The molecule has 28 heavy (non-hydrogen) atoms. The van der Waals surface area contributed by atoms with E-state index in [2.05, 4.69) is 37.3 Å². The molecule has 2 aromatic rings. The largest absolute Gasteiger partial charge is 0.356 e. The summed E-state index contributed by atoms with van der Waals surface area (Å²) in [6, 6.07) is 7.96. The lowest BCUT2D eigenvalue weighted by Gasteiger charge is -2.19. The molecule has 2 N–H and O–H groups in total. The van der Waals surface area contributed by atoms with E-state index in [1.807, 2.05) is 24.3 Å². The number of fused-ring (bicyclic) bond motifs is 1. The molecule has 1 atom stereocenters. The van der Waals surface area contributed by atoms with E-state index >= 15 is 0 Å². The summed E-state index contributed by atoms with van der Waals surface area (Å²) in [6.45, 7) is 3.97. The number of guanidine groups is 1. The van der Waals surface area contributed by atoms with Gasteiger partial charge in [0.1, 0.15) is 11.6 Å². The Hall–Kier alpha value is -1.35. The van der Waals surface area contributed by atoms with Crippen molar-refractivity contribution < 1.29 is 0 Å². The molecule has 2 heterocycles. The van der Waals surface area contributed by atoms with Crippen molar-refractivity contribution in [3.05, 3.63) is 46.5 Å². The predicted molar refractivity (Wildman–Crippen MR) is 126 cm³/mol. The summed E-state index contributed by atoms with van der Waals surface area (Å²) >= 11 is 6.28. The molecule has 6 nitrogen and oxygen atoms in total. The van der Waals surface area contributed by atoms with Crippen molar-refractivity contribution >= 4 is 41.5 Å². The zero-order valence-corrected chi connectivity index (χ0v) is 19.7. The topological polar surface area (TPSA) is 67.1 Å². The van der Waals surface area contributed by atoms with Crippen LogP contribution in [0.2, 0.25) is 5.02 Å². The van der Waals surface area contributed by atoms with Gasteiger partial charge in [0, 0.05) is 38.0 Å². The molecule has 1 aliphatic rings. The van der Waals surface area contributed by atoms with E-state index in [-0.39, 0.29) is 30.0 Å². The number of aromatic nitrogens is 3. The van der Waals surface area contributed by atoms with Crippen LogP contribution >= 0.6 is 35.6 Å². The Morgan fingerprint density at radius 3 is 2.86 bits per heavy atom. The molecule has 0 saturated carbocycles. The maximum Gasteiger partial charge on any atom is 0.191 e. The minimum atomic E-state index is 0. The first-order valence-corrected chi connectivity index (χ1v) is 10.2. The fraction of sp³-hybridized carbons (Fsp3) is 0.550. The second kappa shape index (κ2) is 11.6. The molecule has 0 amide bonds. The molecular weight excluding hydrogens is 487 g/mol. The van der Waals surface area contributed by atoms with Crippen LogP contribution in [0.15, 0.2) is 29.3 Å². The Morgan fingerprint density at radius 2 is 2.07 bits per heavy atom. The molecule has 1 aromatic carbocycles. The molecule has 0 spiro atoms. The number of rotatable bonds is 6. The van der Waals surface area contributed by atoms with Gasteiger partial charge in [0.15, 0.2) is 5.96 Å². The van der Waals surface area contributed by atoms with E-state index < -0.39 is 0 Å². The molecule has 1 aliphatic heterocycles. The number of nitrogens with one attached hydrogen (secondary N) is 2. The van der Waals surface area contributed by atoms with Gasteiger partial charge in [-0.05, 0) is 37.8 Å². The van der Waals surface area contributed by atoms with Crippen LogP contribution in [-0.4, -0.2) is 34.3 Å². The summed E-state index contributed by atoms with van der Waals surface area (Å²) in [7, 11) is 1.78. The molecule has 0 aliphatic carbocycles. The van der Waals surface area contributed by atoms with Crippen molar-refractivity contribution in [2.45, 2.75) is 58.0 Å². The number of halogens is 2. The lowest BCUT2D eigenvalue weighted by Crippen LogP contribution is -2.39. The van der Waals surface area contributed by atoms with Crippen LogP contribution in [0, 0.1) is 0 Å². The Bertz CT molecular complexity index is 776. The van der Waals surface area contributed by atoms with Gasteiger partial charge in [-0.25, -0.2) is 0 Å². The number of nitrogens with zero attached hydrogens (tertiary/aromatic N) is 4. The van der Waals surface area contributed by atoms with Crippen molar-refractivity contribution in [2.75, 3.05) is 13.6 Å². The second-order valence-electron chi connectivity index (χ2n) is 6.98. The number of hydrogen-bond acceptors (Lipinski definition) is 3. The standard InChI is InChI=1S/C20H29ClN6.HI/c1-15(16-9-5-6-10-17(16)21)24-20(22-2)23-13-8-12-19-26-25-18-11-4-3-7-14-27(18)19;/h5-6,9-10,15H,3-4,7-8,11-14H2,1-2H3,(H2,22,23,24);1H. The molecule has 0 fully saturated rings. The van der Waals surface area contributed by atoms with Crippen LogP contribution in [0.1, 0.15) is 55.9 Å². The molecule has 0 saturated heterocycles. The van der Waals surface area contributed by atoms with E-state index in [4.69, 9.17) is 11.6 Å². The first kappa shape index (κ1) is 22.9. The third kappa shape index (κ3) is 6.07. The van der Waals surface area contributed by atoms with Crippen LogP contribution in [0.25, 0.3) is 0 Å². The molecule has 0 bridgehead atoms. The average Bonchev–Trinajstić information content (AvgIpc) is 2.90. The smallest absolute Gasteiger partial charge is 0.191 e. The van der Waals surface area contributed by atoms with Crippen LogP contribution in [-0.2, 0) is 19.4 Å². The van der Waals surface area contributed by atoms with E-state index in [1.54, 1.807) is 7.05 Å². The fourth-order valence-corrected chi connectivity index (χ4v) is 3.79. The third-order valence-corrected chi connectivity index (χ3v) is 5.35. The van der Waals surface area contributed by atoms with Crippen molar-refractivity contribution in [1.82, 2.24) is 25.4 Å². The van der Waals surface area contributed by atoms with Crippen LogP contribution in [0.4, 0.5) is 0 Å².